The standard InChI is InChI=1S/C11H24P/c1-9(2)12(10(3,4)5)11(6,7)8/h1-8H3/q-1. The van der Waals surface area contributed by atoms with Crippen LogP contribution in [0.1, 0.15) is 55.4 Å². The van der Waals surface area contributed by atoms with Gasteiger partial charge in [0.25, 0.3) is 0 Å². The van der Waals surface area contributed by atoms with Crippen molar-refractivity contribution in [2.45, 2.75) is 65.7 Å². The van der Waals surface area contributed by atoms with Crippen molar-refractivity contribution in [3.8, 4) is 0 Å². The van der Waals surface area contributed by atoms with Crippen LogP contribution in [0, 0.1) is 5.66 Å². The fourth-order valence-corrected chi connectivity index (χ4v) is 7.04. The molecular weight excluding hydrogens is 163 g/mol. The Balaban J connectivity index is 4.70. The molecule has 0 fully saturated rings. The zero-order chi connectivity index (χ0) is 10.2. The van der Waals surface area contributed by atoms with E-state index in [1.54, 1.807) is 5.66 Å². The molecule has 74 valence electrons. The summed E-state index contributed by atoms with van der Waals surface area (Å²) in [7, 11) is 0.0149. The van der Waals surface area contributed by atoms with Crippen LogP contribution >= 0.6 is 7.92 Å². The first-order chi connectivity index (χ1) is 5.07. The van der Waals surface area contributed by atoms with Crippen LogP contribution in [0.4, 0.5) is 0 Å². The van der Waals surface area contributed by atoms with Gasteiger partial charge < -0.3 is 0 Å². The Labute approximate surface area is 79.9 Å². The second kappa shape index (κ2) is 3.66. The summed E-state index contributed by atoms with van der Waals surface area (Å²) in [6.45, 7) is 18.7. The average molecular weight is 187 g/mol. The molecule has 0 unspecified atom stereocenters. The fourth-order valence-electron chi connectivity index (χ4n) is 2.35. The topological polar surface area (TPSA) is 0 Å². The Hall–Kier alpha value is 0.430. The van der Waals surface area contributed by atoms with E-state index in [2.05, 4.69) is 55.4 Å². The molecule has 0 amide bonds. The summed E-state index contributed by atoms with van der Waals surface area (Å²) in [5, 5.41) is 0.902. The molecular formula is C11H24P-. The van der Waals surface area contributed by atoms with Crippen LogP contribution < -0.4 is 0 Å². The Morgan fingerprint density at radius 2 is 1.00 bits per heavy atom. The van der Waals surface area contributed by atoms with Crippen molar-refractivity contribution in [1.29, 1.82) is 0 Å². The third kappa shape index (κ3) is 3.44. The number of rotatable bonds is 1. The highest BCUT2D eigenvalue weighted by molar-refractivity contribution is 7.63. The van der Waals surface area contributed by atoms with Crippen molar-refractivity contribution < 1.29 is 0 Å². The van der Waals surface area contributed by atoms with Gasteiger partial charge in [-0.3, -0.25) is 13.6 Å². The predicted molar refractivity (Wildman–Crippen MR) is 61.0 cm³/mol. The zero-order valence-electron chi connectivity index (χ0n) is 9.95. The minimum absolute atomic E-state index is 0.0149. The molecule has 1 heteroatoms. The molecule has 0 saturated carbocycles. The van der Waals surface area contributed by atoms with E-state index in [9.17, 15) is 0 Å². The zero-order valence-corrected chi connectivity index (χ0v) is 10.8. The van der Waals surface area contributed by atoms with Crippen molar-refractivity contribution >= 4 is 7.92 Å². The first-order valence-corrected chi connectivity index (χ1v) is 6.01. The second-order valence-electron chi connectivity index (χ2n) is 5.62. The molecule has 0 aliphatic heterocycles. The van der Waals surface area contributed by atoms with Gasteiger partial charge in [0, 0.05) is 0 Å². The van der Waals surface area contributed by atoms with Gasteiger partial charge in [-0.2, -0.15) is 13.8 Å². The van der Waals surface area contributed by atoms with Gasteiger partial charge in [0.2, 0.25) is 0 Å². The summed E-state index contributed by atoms with van der Waals surface area (Å²) in [6.07, 6.45) is 0. The van der Waals surface area contributed by atoms with E-state index in [0.717, 1.165) is 0 Å². The normalized spacial score (nSPS) is 14.5. The van der Waals surface area contributed by atoms with Crippen LogP contribution in [0.5, 0.6) is 0 Å². The minimum atomic E-state index is 0.0149. The van der Waals surface area contributed by atoms with Crippen molar-refractivity contribution in [2.75, 3.05) is 0 Å². The highest BCUT2D eigenvalue weighted by Crippen LogP contribution is 2.65. The summed E-state index contributed by atoms with van der Waals surface area (Å²) in [6, 6.07) is 0. The molecule has 0 aromatic rings. The maximum absolute atomic E-state index is 2.36. The number of hydrogen-bond donors (Lipinski definition) is 0. The van der Waals surface area contributed by atoms with Crippen molar-refractivity contribution in [3.63, 3.8) is 0 Å². The maximum Gasteiger partial charge on any atom is -0.0454 e. The third-order valence-corrected chi connectivity index (χ3v) is 5.37. The average Bonchev–Trinajstić information content (AvgIpc) is 1.49. The van der Waals surface area contributed by atoms with Crippen molar-refractivity contribution in [3.05, 3.63) is 5.66 Å². The summed E-state index contributed by atoms with van der Waals surface area (Å²) in [5.74, 6) is 0. The molecule has 0 aliphatic rings. The largest absolute Gasteiger partial charge is 0.292 e. The Kier molecular flexibility index (Phi) is 3.79. The molecule has 0 N–H and O–H groups in total. The van der Waals surface area contributed by atoms with Gasteiger partial charge in [-0.1, -0.05) is 41.5 Å². The molecule has 0 aliphatic carbocycles. The van der Waals surface area contributed by atoms with Crippen molar-refractivity contribution in [1.82, 2.24) is 0 Å². The highest BCUT2D eigenvalue weighted by Gasteiger charge is 2.28. The molecule has 0 aromatic heterocycles. The van der Waals surface area contributed by atoms with E-state index in [4.69, 9.17) is 0 Å². The van der Waals surface area contributed by atoms with Gasteiger partial charge in [-0.05, 0) is 10.3 Å². The van der Waals surface area contributed by atoms with Crippen LogP contribution in [0.15, 0.2) is 0 Å². The van der Waals surface area contributed by atoms with Crippen LogP contribution in [0.25, 0.3) is 0 Å². The number of hydrogen-bond acceptors (Lipinski definition) is 0. The molecule has 0 atom stereocenters. The van der Waals surface area contributed by atoms with Crippen LogP contribution in [0.2, 0.25) is 0 Å². The van der Waals surface area contributed by atoms with Gasteiger partial charge in [0.05, 0.1) is 0 Å². The van der Waals surface area contributed by atoms with Crippen LogP contribution in [-0.4, -0.2) is 10.3 Å². The lowest BCUT2D eigenvalue weighted by atomic mass is 10.2. The van der Waals surface area contributed by atoms with E-state index in [1.165, 1.54) is 0 Å². The lowest BCUT2D eigenvalue weighted by molar-refractivity contribution is 0.704. The molecule has 0 aromatic carbocycles. The van der Waals surface area contributed by atoms with E-state index in [0.29, 0.717) is 10.3 Å². The molecule has 12 heavy (non-hydrogen) atoms. The Bertz CT molecular complexity index is 120. The van der Waals surface area contributed by atoms with Gasteiger partial charge in [0.15, 0.2) is 0 Å². The lowest BCUT2D eigenvalue weighted by Crippen LogP contribution is -2.26. The van der Waals surface area contributed by atoms with Gasteiger partial charge in [-0.25, -0.2) is 0 Å². The predicted octanol–water partition coefficient (Wildman–Crippen LogP) is 4.64. The van der Waals surface area contributed by atoms with Gasteiger partial charge >= 0.3 is 0 Å². The molecule has 0 nitrogen and oxygen atoms in total. The SMILES string of the molecule is C[C-](C)P(C(C)(C)C)C(C)(C)C. The molecule has 0 saturated heterocycles. The molecule has 0 spiro atoms. The molecule has 0 rings (SSSR count). The summed E-state index contributed by atoms with van der Waals surface area (Å²) < 4.78 is 0. The Morgan fingerprint density at radius 3 is 1.00 bits per heavy atom. The first-order valence-electron chi connectivity index (χ1n) is 4.67. The van der Waals surface area contributed by atoms with E-state index in [1.807, 2.05) is 0 Å². The van der Waals surface area contributed by atoms with Gasteiger partial charge in [0.1, 0.15) is 0 Å². The van der Waals surface area contributed by atoms with Crippen LogP contribution in [-0.2, 0) is 0 Å². The smallest absolute Gasteiger partial charge is 0.0454 e. The van der Waals surface area contributed by atoms with E-state index >= 15 is 0 Å². The first kappa shape index (κ1) is 12.4. The van der Waals surface area contributed by atoms with E-state index < -0.39 is 0 Å². The maximum atomic E-state index is 2.36. The second-order valence-corrected chi connectivity index (χ2v) is 9.87. The van der Waals surface area contributed by atoms with E-state index in [-0.39, 0.29) is 7.92 Å². The van der Waals surface area contributed by atoms with Crippen molar-refractivity contribution in [2.24, 2.45) is 0 Å². The quantitative estimate of drug-likeness (QED) is 0.414. The van der Waals surface area contributed by atoms with Gasteiger partial charge in [-0.15, -0.1) is 0 Å². The lowest BCUT2D eigenvalue weighted by Gasteiger charge is -2.53. The summed E-state index contributed by atoms with van der Waals surface area (Å²) in [5.41, 5.74) is 1.62. The molecule has 0 bridgehead atoms. The van der Waals surface area contributed by atoms with Crippen LogP contribution in [0.3, 0.4) is 0 Å². The molecule has 0 heterocycles. The Morgan fingerprint density at radius 1 is 0.750 bits per heavy atom. The fraction of sp³-hybridized carbons (Fsp3) is 0.909. The third-order valence-electron chi connectivity index (χ3n) is 1.79. The highest BCUT2D eigenvalue weighted by atomic mass is 31.1. The minimum Gasteiger partial charge on any atom is -0.292 e. The molecule has 0 radical (unpaired) electrons. The summed E-state index contributed by atoms with van der Waals surface area (Å²) in [4.78, 5) is 0. The summed E-state index contributed by atoms with van der Waals surface area (Å²) >= 11 is 0. The monoisotopic (exact) mass is 187 g/mol.